The summed E-state index contributed by atoms with van der Waals surface area (Å²) in [6.45, 7) is 0.304. The van der Waals surface area contributed by atoms with Crippen LogP contribution in [0.15, 0.2) is 47.3 Å². The molecule has 0 aliphatic rings. The third-order valence-electron chi connectivity index (χ3n) is 3.24. The van der Waals surface area contributed by atoms with Crippen molar-refractivity contribution in [2.75, 3.05) is 6.61 Å². The summed E-state index contributed by atoms with van der Waals surface area (Å²) in [7, 11) is 0. The van der Waals surface area contributed by atoms with Gasteiger partial charge in [-0.15, -0.1) is 5.10 Å². The number of nitrogens with zero attached hydrogens (tertiary/aromatic N) is 4. The number of esters is 1. The standard InChI is InChI=1S/C16H13ClN4O4S/c17-15-13(18-20-26-15)10-25-16(23)12-6-7-14(22)21(19-12)8-9-24-11-4-2-1-3-5-11/h1-7H,8-10H2. The Morgan fingerprint density at radius 1 is 1.19 bits per heavy atom. The van der Waals surface area contributed by atoms with Gasteiger partial charge in [-0.1, -0.05) is 34.3 Å². The molecular formula is C16H13ClN4O4S. The molecule has 0 aliphatic heterocycles. The van der Waals surface area contributed by atoms with Gasteiger partial charge in [-0.05, 0) is 18.2 Å². The number of hydrogen-bond acceptors (Lipinski definition) is 8. The number of aromatic nitrogens is 4. The van der Waals surface area contributed by atoms with Crippen molar-refractivity contribution >= 4 is 29.1 Å². The highest BCUT2D eigenvalue weighted by Crippen LogP contribution is 2.18. The molecule has 2 aromatic heterocycles. The largest absolute Gasteiger partial charge is 0.492 e. The van der Waals surface area contributed by atoms with Crippen molar-refractivity contribution in [3.05, 3.63) is 68.5 Å². The summed E-state index contributed by atoms with van der Waals surface area (Å²) in [5.41, 5.74) is 0.0307. The number of ether oxygens (including phenoxy) is 2. The molecule has 0 amide bonds. The maximum Gasteiger partial charge on any atom is 0.359 e. The molecule has 8 nitrogen and oxygen atoms in total. The number of para-hydroxylation sites is 1. The van der Waals surface area contributed by atoms with E-state index in [1.54, 1.807) is 0 Å². The smallest absolute Gasteiger partial charge is 0.359 e. The molecule has 134 valence electrons. The van der Waals surface area contributed by atoms with Crippen molar-refractivity contribution in [3.63, 3.8) is 0 Å². The van der Waals surface area contributed by atoms with Crippen molar-refractivity contribution in [2.24, 2.45) is 0 Å². The Morgan fingerprint density at radius 2 is 2.00 bits per heavy atom. The minimum absolute atomic E-state index is 0.00335. The monoisotopic (exact) mass is 392 g/mol. The van der Waals surface area contributed by atoms with Crippen LogP contribution in [0.3, 0.4) is 0 Å². The zero-order valence-electron chi connectivity index (χ0n) is 13.4. The Kier molecular flexibility index (Phi) is 5.92. The molecule has 0 radical (unpaired) electrons. The molecule has 0 aliphatic carbocycles. The quantitative estimate of drug-likeness (QED) is 0.568. The molecule has 0 bridgehead atoms. The average molecular weight is 393 g/mol. The Balaban J connectivity index is 1.60. The molecule has 0 spiro atoms. The predicted octanol–water partition coefficient (Wildman–Crippen LogP) is 2.18. The Labute approximate surface area is 157 Å². The van der Waals surface area contributed by atoms with E-state index in [0.717, 1.165) is 16.2 Å². The van der Waals surface area contributed by atoms with Crippen LogP contribution in [0.25, 0.3) is 0 Å². The van der Waals surface area contributed by atoms with E-state index in [1.807, 2.05) is 30.3 Å². The van der Waals surface area contributed by atoms with Crippen molar-refractivity contribution in [1.82, 2.24) is 19.4 Å². The fourth-order valence-corrected chi connectivity index (χ4v) is 2.58. The van der Waals surface area contributed by atoms with Gasteiger partial charge in [-0.25, -0.2) is 9.48 Å². The number of rotatable bonds is 7. The van der Waals surface area contributed by atoms with E-state index in [9.17, 15) is 9.59 Å². The molecule has 0 unspecified atom stereocenters. The highest BCUT2D eigenvalue weighted by Gasteiger charge is 2.14. The predicted molar refractivity (Wildman–Crippen MR) is 94.5 cm³/mol. The summed E-state index contributed by atoms with van der Waals surface area (Å²) in [6.07, 6.45) is 0. The van der Waals surface area contributed by atoms with E-state index >= 15 is 0 Å². The van der Waals surface area contributed by atoms with Crippen LogP contribution in [-0.4, -0.2) is 31.9 Å². The van der Waals surface area contributed by atoms with Crippen LogP contribution in [0.2, 0.25) is 4.34 Å². The Morgan fingerprint density at radius 3 is 2.73 bits per heavy atom. The second-order valence-electron chi connectivity index (χ2n) is 5.01. The number of benzene rings is 1. The van der Waals surface area contributed by atoms with E-state index < -0.39 is 5.97 Å². The van der Waals surface area contributed by atoms with Gasteiger partial charge in [0.2, 0.25) is 0 Å². The van der Waals surface area contributed by atoms with Gasteiger partial charge >= 0.3 is 5.97 Å². The summed E-state index contributed by atoms with van der Waals surface area (Å²) in [5, 5.41) is 7.76. The number of hydrogen-bond donors (Lipinski definition) is 0. The highest BCUT2D eigenvalue weighted by molar-refractivity contribution is 7.10. The Hall–Kier alpha value is -2.78. The third kappa shape index (κ3) is 4.64. The first-order chi connectivity index (χ1) is 12.6. The second-order valence-corrected chi connectivity index (χ2v) is 6.37. The summed E-state index contributed by atoms with van der Waals surface area (Å²) < 4.78 is 15.8. The fraction of sp³-hybridized carbons (Fsp3) is 0.188. The van der Waals surface area contributed by atoms with Crippen LogP contribution in [0.5, 0.6) is 5.75 Å². The lowest BCUT2D eigenvalue weighted by atomic mass is 10.3. The second kappa shape index (κ2) is 8.54. The fourth-order valence-electron chi connectivity index (χ4n) is 1.98. The average Bonchev–Trinajstić information content (AvgIpc) is 3.07. The first-order valence-electron chi connectivity index (χ1n) is 7.53. The first-order valence-corrected chi connectivity index (χ1v) is 8.68. The normalized spacial score (nSPS) is 10.5. The summed E-state index contributed by atoms with van der Waals surface area (Å²) >= 11 is 6.85. The van der Waals surface area contributed by atoms with Crippen LogP contribution in [0.4, 0.5) is 0 Å². The molecule has 0 N–H and O–H groups in total. The summed E-state index contributed by atoms with van der Waals surface area (Å²) in [4.78, 5) is 24.0. The third-order valence-corrected chi connectivity index (χ3v) is 4.22. The molecule has 0 atom stereocenters. The lowest BCUT2D eigenvalue weighted by Gasteiger charge is -2.08. The molecule has 0 saturated heterocycles. The van der Waals surface area contributed by atoms with Gasteiger partial charge in [0.1, 0.15) is 29.0 Å². The molecule has 1 aromatic carbocycles. The number of carbonyl (C=O) groups excluding carboxylic acids is 1. The minimum Gasteiger partial charge on any atom is -0.492 e. The van der Waals surface area contributed by atoms with Crippen molar-refractivity contribution in [3.8, 4) is 5.75 Å². The highest BCUT2D eigenvalue weighted by atomic mass is 35.5. The number of halogens is 1. The molecule has 0 fully saturated rings. The molecular weight excluding hydrogens is 380 g/mol. The van der Waals surface area contributed by atoms with E-state index in [1.165, 1.54) is 12.1 Å². The Bertz CT molecular complexity index is 945. The van der Waals surface area contributed by atoms with Crippen molar-refractivity contribution in [1.29, 1.82) is 0 Å². The van der Waals surface area contributed by atoms with Crippen LogP contribution in [-0.2, 0) is 17.9 Å². The summed E-state index contributed by atoms with van der Waals surface area (Å²) in [6, 6.07) is 11.7. The van der Waals surface area contributed by atoms with Crippen LogP contribution < -0.4 is 10.3 Å². The van der Waals surface area contributed by atoms with Gasteiger partial charge in [0.15, 0.2) is 5.69 Å². The van der Waals surface area contributed by atoms with Gasteiger partial charge in [0.05, 0.1) is 6.54 Å². The maximum atomic E-state index is 12.1. The zero-order valence-corrected chi connectivity index (χ0v) is 14.9. The van der Waals surface area contributed by atoms with Gasteiger partial charge in [0, 0.05) is 17.6 Å². The lowest BCUT2D eigenvalue weighted by molar-refractivity contribution is 0.0457. The zero-order chi connectivity index (χ0) is 18.4. The molecule has 3 aromatic rings. The molecule has 3 rings (SSSR count). The van der Waals surface area contributed by atoms with Crippen LogP contribution >= 0.6 is 23.1 Å². The first kappa shape index (κ1) is 18.0. The van der Waals surface area contributed by atoms with E-state index in [-0.39, 0.29) is 31.0 Å². The van der Waals surface area contributed by atoms with Crippen LogP contribution in [0, 0.1) is 0 Å². The van der Waals surface area contributed by atoms with E-state index in [4.69, 9.17) is 21.1 Å². The van der Waals surface area contributed by atoms with Crippen LogP contribution in [0.1, 0.15) is 16.2 Å². The molecule has 0 saturated carbocycles. The maximum absolute atomic E-state index is 12.1. The SMILES string of the molecule is O=C(OCc1nnsc1Cl)c1ccc(=O)n(CCOc2ccccc2)n1. The molecule has 10 heteroatoms. The summed E-state index contributed by atoms with van der Waals surface area (Å²) in [5.74, 6) is -0.00309. The molecule has 2 heterocycles. The topological polar surface area (TPSA) is 96.2 Å². The van der Waals surface area contributed by atoms with Gasteiger partial charge in [-0.3, -0.25) is 4.79 Å². The molecule has 26 heavy (non-hydrogen) atoms. The van der Waals surface area contributed by atoms with Gasteiger partial charge in [0.25, 0.3) is 5.56 Å². The van der Waals surface area contributed by atoms with E-state index in [0.29, 0.717) is 15.8 Å². The van der Waals surface area contributed by atoms with Crippen molar-refractivity contribution < 1.29 is 14.3 Å². The number of carbonyl (C=O) groups is 1. The minimum atomic E-state index is -0.688. The van der Waals surface area contributed by atoms with E-state index in [2.05, 4.69) is 14.7 Å². The van der Waals surface area contributed by atoms with Crippen molar-refractivity contribution in [2.45, 2.75) is 13.2 Å². The van der Waals surface area contributed by atoms with Gasteiger partial charge < -0.3 is 9.47 Å². The lowest BCUT2D eigenvalue weighted by Crippen LogP contribution is -2.27. The van der Waals surface area contributed by atoms with Gasteiger partial charge in [-0.2, -0.15) is 5.10 Å².